The lowest BCUT2D eigenvalue weighted by Crippen LogP contribution is -2.30. The van der Waals surface area contributed by atoms with Gasteiger partial charge in [-0.05, 0) is 32.2 Å². The molecule has 3 heterocycles. The van der Waals surface area contributed by atoms with Crippen molar-refractivity contribution in [1.29, 1.82) is 0 Å². The lowest BCUT2D eigenvalue weighted by Gasteiger charge is -2.20. The standard InChI is InChI=1S/C13H21N3O3S/c17-20(18)7-2-1-5-11(20)8-12-15-13(19-16-12)10-4-3-6-14-9-10/h10-11,14H,1-9H2. The van der Waals surface area contributed by atoms with Crippen molar-refractivity contribution in [3.8, 4) is 0 Å². The van der Waals surface area contributed by atoms with Gasteiger partial charge in [-0.15, -0.1) is 0 Å². The maximum atomic E-state index is 12.0. The maximum absolute atomic E-state index is 12.0. The minimum Gasteiger partial charge on any atom is -0.339 e. The first kappa shape index (κ1) is 14.0. The highest BCUT2D eigenvalue weighted by molar-refractivity contribution is 7.92. The van der Waals surface area contributed by atoms with Crippen LogP contribution in [0.3, 0.4) is 0 Å². The summed E-state index contributed by atoms with van der Waals surface area (Å²) in [5, 5.41) is 6.96. The van der Waals surface area contributed by atoms with Crippen LogP contribution in [0.1, 0.15) is 49.7 Å². The highest BCUT2D eigenvalue weighted by Crippen LogP contribution is 2.24. The summed E-state index contributed by atoms with van der Waals surface area (Å²) < 4.78 is 29.3. The summed E-state index contributed by atoms with van der Waals surface area (Å²) >= 11 is 0. The van der Waals surface area contributed by atoms with Gasteiger partial charge in [0.2, 0.25) is 5.89 Å². The van der Waals surface area contributed by atoms with Crippen molar-refractivity contribution >= 4 is 9.84 Å². The largest absolute Gasteiger partial charge is 0.339 e. The zero-order valence-electron chi connectivity index (χ0n) is 11.5. The van der Waals surface area contributed by atoms with E-state index in [9.17, 15) is 8.42 Å². The molecule has 112 valence electrons. The number of aromatic nitrogens is 2. The maximum Gasteiger partial charge on any atom is 0.231 e. The molecule has 6 nitrogen and oxygen atoms in total. The first-order chi connectivity index (χ1) is 9.65. The number of hydrogen-bond donors (Lipinski definition) is 1. The van der Waals surface area contributed by atoms with Crippen molar-refractivity contribution in [2.75, 3.05) is 18.8 Å². The van der Waals surface area contributed by atoms with Crippen LogP contribution in [0.5, 0.6) is 0 Å². The van der Waals surface area contributed by atoms with Gasteiger partial charge in [0.05, 0.1) is 16.9 Å². The molecule has 2 aliphatic heterocycles. The van der Waals surface area contributed by atoms with Crippen LogP contribution >= 0.6 is 0 Å². The summed E-state index contributed by atoms with van der Waals surface area (Å²) in [6.07, 6.45) is 5.03. The molecule has 1 N–H and O–H groups in total. The fraction of sp³-hybridized carbons (Fsp3) is 0.846. The van der Waals surface area contributed by atoms with Crippen LogP contribution in [0.4, 0.5) is 0 Å². The molecular formula is C13H21N3O3S. The zero-order valence-corrected chi connectivity index (χ0v) is 12.4. The Hall–Kier alpha value is -0.950. The molecule has 0 amide bonds. The molecule has 2 fully saturated rings. The molecule has 2 atom stereocenters. The highest BCUT2D eigenvalue weighted by atomic mass is 32.2. The normalized spacial score (nSPS) is 30.2. The first-order valence-corrected chi connectivity index (χ1v) is 9.11. The monoisotopic (exact) mass is 299 g/mol. The Morgan fingerprint density at radius 2 is 2.15 bits per heavy atom. The molecule has 7 heteroatoms. The van der Waals surface area contributed by atoms with Gasteiger partial charge in [-0.3, -0.25) is 0 Å². The van der Waals surface area contributed by atoms with Gasteiger partial charge in [0.1, 0.15) is 0 Å². The summed E-state index contributed by atoms with van der Waals surface area (Å²) in [4.78, 5) is 4.41. The summed E-state index contributed by atoms with van der Waals surface area (Å²) in [7, 11) is -2.97. The van der Waals surface area contributed by atoms with Gasteiger partial charge in [-0.1, -0.05) is 11.6 Å². The molecule has 1 aromatic heterocycles. The Morgan fingerprint density at radius 1 is 1.25 bits per heavy atom. The average Bonchev–Trinajstić information content (AvgIpc) is 2.91. The minimum absolute atomic E-state index is 0.271. The number of sulfone groups is 1. The predicted octanol–water partition coefficient (Wildman–Crippen LogP) is 1.05. The fourth-order valence-corrected chi connectivity index (χ4v) is 4.90. The van der Waals surface area contributed by atoms with Crippen LogP contribution in [-0.2, 0) is 16.3 Å². The first-order valence-electron chi connectivity index (χ1n) is 7.40. The van der Waals surface area contributed by atoms with E-state index in [0.717, 1.165) is 45.2 Å². The molecule has 0 radical (unpaired) electrons. The van der Waals surface area contributed by atoms with E-state index in [1.54, 1.807) is 0 Å². The van der Waals surface area contributed by atoms with Gasteiger partial charge in [0.15, 0.2) is 15.7 Å². The van der Waals surface area contributed by atoms with Crippen molar-refractivity contribution in [2.24, 2.45) is 0 Å². The summed E-state index contributed by atoms with van der Waals surface area (Å²) in [6.45, 7) is 1.90. The van der Waals surface area contributed by atoms with Crippen molar-refractivity contribution in [1.82, 2.24) is 15.5 Å². The average molecular weight is 299 g/mol. The van der Waals surface area contributed by atoms with E-state index in [0.29, 0.717) is 23.9 Å². The Balaban J connectivity index is 1.67. The zero-order chi connectivity index (χ0) is 14.0. The number of piperidine rings is 1. The van der Waals surface area contributed by atoms with Crippen molar-refractivity contribution < 1.29 is 12.9 Å². The van der Waals surface area contributed by atoms with Crippen LogP contribution in [-0.4, -0.2) is 42.7 Å². The van der Waals surface area contributed by atoms with Crippen LogP contribution < -0.4 is 5.32 Å². The number of nitrogens with zero attached hydrogens (tertiary/aromatic N) is 2. The molecule has 2 aliphatic rings. The SMILES string of the molecule is O=S1(=O)CCCCC1Cc1noc(C2CCCNC2)n1. The molecule has 2 saturated heterocycles. The molecule has 20 heavy (non-hydrogen) atoms. The molecule has 0 aromatic carbocycles. The Bertz CT molecular complexity index is 549. The predicted molar refractivity (Wildman–Crippen MR) is 74.3 cm³/mol. The third-order valence-corrected chi connectivity index (χ3v) is 6.53. The Labute approximate surface area is 119 Å². The molecule has 1 aromatic rings. The van der Waals surface area contributed by atoms with Crippen LogP contribution in [0, 0.1) is 0 Å². The van der Waals surface area contributed by atoms with Crippen LogP contribution in [0.2, 0.25) is 0 Å². The molecule has 0 bridgehead atoms. The Kier molecular flexibility index (Phi) is 4.07. The van der Waals surface area contributed by atoms with Gasteiger partial charge < -0.3 is 9.84 Å². The third-order valence-electron chi connectivity index (χ3n) is 4.25. The van der Waals surface area contributed by atoms with Crippen LogP contribution in [0.25, 0.3) is 0 Å². The van der Waals surface area contributed by atoms with Crippen molar-refractivity contribution in [3.63, 3.8) is 0 Å². The summed E-state index contributed by atoms with van der Waals surface area (Å²) in [6, 6.07) is 0. The third kappa shape index (κ3) is 3.03. The quantitative estimate of drug-likeness (QED) is 0.898. The van der Waals surface area contributed by atoms with Gasteiger partial charge in [-0.2, -0.15) is 4.98 Å². The second-order valence-electron chi connectivity index (χ2n) is 5.78. The smallest absolute Gasteiger partial charge is 0.231 e. The van der Waals surface area contributed by atoms with Gasteiger partial charge in [-0.25, -0.2) is 8.42 Å². The van der Waals surface area contributed by atoms with E-state index in [2.05, 4.69) is 15.5 Å². The van der Waals surface area contributed by atoms with Crippen LogP contribution in [0.15, 0.2) is 4.52 Å². The number of nitrogens with one attached hydrogen (secondary N) is 1. The number of rotatable bonds is 3. The second-order valence-corrected chi connectivity index (χ2v) is 8.18. The van der Waals surface area contributed by atoms with E-state index in [-0.39, 0.29) is 11.2 Å². The Morgan fingerprint density at radius 3 is 2.90 bits per heavy atom. The molecule has 2 unspecified atom stereocenters. The minimum atomic E-state index is -2.97. The fourth-order valence-electron chi connectivity index (χ4n) is 3.03. The van der Waals surface area contributed by atoms with Crippen molar-refractivity contribution in [3.05, 3.63) is 11.7 Å². The molecule has 0 saturated carbocycles. The molecule has 0 spiro atoms. The van der Waals surface area contributed by atoms with E-state index < -0.39 is 9.84 Å². The molecular weight excluding hydrogens is 278 g/mol. The second kappa shape index (κ2) is 5.81. The van der Waals surface area contributed by atoms with E-state index in [1.807, 2.05) is 0 Å². The van der Waals surface area contributed by atoms with Crippen molar-refractivity contribution in [2.45, 2.75) is 49.7 Å². The topological polar surface area (TPSA) is 85.1 Å². The highest BCUT2D eigenvalue weighted by Gasteiger charge is 2.31. The van der Waals surface area contributed by atoms with E-state index in [4.69, 9.17) is 4.52 Å². The van der Waals surface area contributed by atoms with E-state index >= 15 is 0 Å². The van der Waals surface area contributed by atoms with Gasteiger partial charge in [0.25, 0.3) is 0 Å². The van der Waals surface area contributed by atoms with Gasteiger partial charge >= 0.3 is 0 Å². The summed E-state index contributed by atoms with van der Waals surface area (Å²) in [5.41, 5.74) is 0. The molecule has 0 aliphatic carbocycles. The summed E-state index contributed by atoms with van der Waals surface area (Å²) in [5.74, 6) is 1.77. The lowest BCUT2D eigenvalue weighted by molar-refractivity contribution is 0.320. The lowest BCUT2D eigenvalue weighted by atomic mass is 10.00. The van der Waals surface area contributed by atoms with E-state index in [1.165, 1.54) is 0 Å². The molecule has 3 rings (SSSR count). The van der Waals surface area contributed by atoms with Gasteiger partial charge in [0, 0.05) is 13.0 Å². The number of hydrogen-bond acceptors (Lipinski definition) is 6.